The topological polar surface area (TPSA) is 64.8 Å². The van der Waals surface area contributed by atoms with E-state index in [1.807, 2.05) is 24.3 Å². The number of hydrogen-bond acceptors (Lipinski definition) is 6. The number of carbonyl (C=O) groups excluding carboxylic acids is 1. The van der Waals surface area contributed by atoms with Crippen LogP contribution in [0.4, 0.5) is 10.1 Å². The fourth-order valence-corrected chi connectivity index (χ4v) is 5.95. The Hall–Kier alpha value is -3.13. The van der Waals surface area contributed by atoms with Gasteiger partial charge in [-0.05, 0) is 60.0 Å². The summed E-state index contributed by atoms with van der Waals surface area (Å²) < 4.78 is 32.4. The van der Waals surface area contributed by atoms with Crippen LogP contribution in [0.5, 0.6) is 0 Å². The molecule has 1 saturated carbocycles. The summed E-state index contributed by atoms with van der Waals surface area (Å²) in [6.45, 7) is 1.32. The van der Waals surface area contributed by atoms with E-state index in [4.69, 9.17) is 37.2 Å². The summed E-state index contributed by atoms with van der Waals surface area (Å²) in [5, 5.41) is 7.22. The number of ether oxygens (including phenoxy) is 2. The van der Waals surface area contributed by atoms with Crippen molar-refractivity contribution in [3.8, 4) is 11.3 Å². The fourth-order valence-electron chi connectivity index (χ4n) is 5.37. The summed E-state index contributed by atoms with van der Waals surface area (Å²) in [4.78, 5) is 14.0. The zero-order valence-corrected chi connectivity index (χ0v) is 23.6. The number of rotatable bonds is 8. The minimum Gasteiger partial charge on any atom is -0.465 e. The highest BCUT2D eigenvalue weighted by Crippen LogP contribution is 2.46. The lowest BCUT2D eigenvalue weighted by atomic mass is 9.93. The molecule has 0 bridgehead atoms. The maximum absolute atomic E-state index is 15.8. The molecule has 2 fully saturated rings. The van der Waals surface area contributed by atoms with Crippen molar-refractivity contribution in [2.45, 2.75) is 43.9 Å². The van der Waals surface area contributed by atoms with Crippen molar-refractivity contribution >= 4 is 45.6 Å². The van der Waals surface area contributed by atoms with Crippen LogP contribution in [-0.2, 0) is 16.1 Å². The van der Waals surface area contributed by atoms with Gasteiger partial charge in [-0.25, -0.2) is 9.18 Å². The molecule has 0 N–H and O–H groups in total. The molecule has 6 nitrogen and oxygen atoms in total. The first-order valence-electron chi connectivity index (χ1n) is 13.4. The van der Waals surface area contributed by atoms with Gasteiger partial charge in [0.1, 0.15) is 17.1 Å². The van der Waals surface area contributed by atoms with Crippen LogP contribution >= 0.6 is 23.2 Å². The Labute approximate surface area is 241 Å². The Balaban J connectivity index is 1.11. The number of hydrogen-bond donors (Lipinski definition) is 0. The van der Waals surface area contributed by atoms with Crippen LogP contribution in [0.25, 0.3) is 22.0 Å². The van der Waals surface area contributed by atoms with E-state index in [1.54, 1.807) is 24.3 Å². The molecule has 1 aliphatic heterocycles. The van der Waals surface area contributed by atoms with Crippen molar-refractivity contribution in [3.63, 3.8) is 0 Å². The van der Waals surface area contributed by atoms with Crippen LogP contribution < -0.4 is 4.90 Å². The Kier molecular flexibility index (Phi) is 7.46. The van der Waals surface area contributed by atoms with Crippen molar-refractivity contribution < 1.29 is 23.2 Å². The van der Waals surface area contributed by atoms with Gasteiger partial charge in [0.15, 0.2) is 0 Å². The predicted molar refractivity (Wildman–Crippen MR) is 154 cm³/mol. The van der Waals surface area contributed by atoms with Gasteiger partial charge in [0, 0.05) is 48.7 Å². The molecule has 0 spiro atoms. The molecule has 1 saturated heterocycles. The first-order valence-corrected chi connectivity index (χ1v) is 14.2. The van der Waals surface area contributed by atoms with Gasteiger partial charge in [0.25, 0.3) is 0 Å². The van der Waals surface area contributed by atoms with E-state index in [0.717, 1.165) is 40.6 Å². The van der Waals surface area contributed by atoms with Gasteiger partial charge in [-0.1, -0.05) is 46.6 Å². The third kappa shape index (κ3) is 5.42. The monoisotopic (exact) mass is 582 g/mol. The van der Waals surface area contributed by atoms with Crippen molar-refractivity contribution in [2.24, 2.45) is 0 Å². The van der Waals surface area contributed by atoms with Crippen molar-refractivity contribution in [3.05, 3.63) is 81.5 Å². The van der Waals surface area contributed by atoms with Gasteiger partial charge in [-0.15, -0.1) is 0 Å². The Morgan fingerprint density at radius 3 is 2.48 bits per heavy atom. The first-order chi connectivity index (χ1) is 19.3. The molecular formula is C31H29Cl2FN2O4. The first kappa shape index (κ1) is 27.1. The minimum atomic E-state index is -1.43. The quantitative estimate of drug-likeness (QED) is 0.196. The number of piperidine rings is 1. The SMILES string of the molecule is COC(=O)c1ccc2cc(N3CCC(F)(COCc4c(-c5c(Cl)cccc5Cl)noc4C4CC4)CC3)ccc2c1. The number of halogens is 3. The lowest BCUT2D eigenvalue weighted by molar-refractivity contribution is -0.00756. The van der Waals surface area contributed by atoms with Crippen molar-refractivity contribution in [1.82, 2.24) is 5.16 Å². The molecule has 2 aliphatic rings. The third-order valence-electron chi connectivity index (χ3n) is 7.84. The molecular weight excluding hydrogens is 554 g/mol. The van der Waals surface area contributed by atoms with Gasteiger partial charge in [0.05, 0.1) is 35.9 Å². The van der Waals surface area contributed by atoms with Gasteiger partial charge in [0.2, 0.25) is 0 Å². The summed E-state index contributed by atoms with van der Waals surface area (Å²) in [6.07, 6.45) is 2.77. The number of alkyl halides is 1. The highest BCUT2D eigenvalue weighted by atomic mass is 35.5. The summed E-state index contributed by atoms with van der Waals surface area (Å²) >= 11 is 12.9. The molecule has 2 heterocycles. The van der Waals surface area contributed by atoms with Crippen LogP contribution in [0.15, 0.2) is 59.1 Å². The molecule has 40 heavy (non-hydrogen) atoms. The molecule has 0 atom stereocenters. The maximum atomic E-state index is 15.8. The Morgan fingerprint density at radius 1 is 1.07 bits per heavy atom. The summed E-state index contributed by atoms with van der Waals surface area (Å²) in [7, 11) is 1.37. The molecule has 208 valence electrons. The van der Waals surface area contributed by atoms with E-state index in [-0.39, 0.29) is 19.2 Å². The van der Waals surface area contributed by atoms with Crippen LogP contribution in [0, 0.1) is 0 Å². The average Bonchev–Trinajstić information content (AvgIpc) is 3.73. The largest absolute Gasteiger partial charge is 0.465 e. The predicted octanol–water partition coefficient (Wildman–Crippen LogP) is 7.99. The van der Waals surface area contributed by atoms with E-state index in [0.29, 0.717) is 58.7 Å². The highest BCUT2D eigenvalue weighted by Gasteiger charge is 2.37. The maximum Gasteiger partial charge on any atom is 0.337 e. The van der Waals surface area contributed by atoms with Gasteiger partial charge < -0.3 is 18.9 Å². The summed E-state index contributed by atoms with van der Waals surface area (Å²) in [6, 6.07) is 16.9. The van der Waals surface area contributed by atoms with E-state index >= 15 is 4.39 Å². The Morgan fingerprint density at radius 2 is 1.77 bits per heavy atom. The van der Waals surface area contributed by atoms with E-state index < -0.39 is 5.67 Å². The average molecular weight is 583 g/mol. The molecule has 0 radical (unpaired) electrons. The molecule has 1 aliphatic carbocycles. The van der Waals surface area contributed by atoms with Crippen LogP contribution in [-0.4, -0.2) is 43.6 Å². The molecule has 1 aromatic heterocycles. The van der Waals surface area contributed by atoms with Gasteiger partial charge >= 0.3 is 5.97 Å². The van der Waals surface area contributed by atoms with Crippen LogP contribution in [0.1, 0.15) is 53.3 Å². The van der Waals surface area contributed by atoms with E-state index in [2.05, 4.69) is 16.1 Å². The number of anilines is 1. The minimum absolute atomic E-state index is 0.0140. The number of fused-ring (bicyclic) bond motifs is 1. The number of esters is 1. The number of methoxy groups -OCH3 is 1. The zero-order valence-electron chi connectivity index (χ0n) is 22.1. The Bertz CT molecular complexity index is 1540. The second-order valence-corrected chi connectivity index (χ2v) is 11.4. The lowest BCUT2D eigenvalue weighted by Crippen LogP contribution is -2.44. The second-order valence-electron chi connectivity index (χ2n) is 10.6. The number of nitrogens with zero attached hydrogens (tertiary/aromatic N) is 2. The molecule has 3 aromatic carbocycles. The number of benzene rings is 3. The third-order valence-corrected chi connectivity index (χ3v) is 8.47. The number of aromatic nitrogens is 1. The summed E-state index contributed by atoms with van der Waals surface area (Å²) in [5.41, 5.74) is 2.09. The number of carbonyl (C=O) groups is 1. The molecule has 0 amide bonds. The highest BCUT2D eigenvalue weighted by molar-refractivity contribution is 6.39. The smallest absolute Gasteiger partial charge is 0.337 e. The lowest BCUT2D eigenvalue weighted by Gasteiger charge is -2.37. The van der Waals surface area contributed by atoms with E-state index in [1.165, 1.54) is 7.11 Å². The fraction of sp³-hybridized carbons (Fsp3) is 0.355. The molecule has 9 heteroatoms. The summed E-state index contributed by atoms with van der Waals surface area (Å²) in [5.74, 6) is 0.724. The molecule has 0 unspecified atom stereocenters. The molecule has 6 rings (SSSR count). The standard InChI is InChI=1S/C31H29Cl2FN2O4/c1-38-30(37)22-8-7-21-16-23(10-9-20(21)15-22)36-13-11-31(34,12-14-36)18-39-17-24-28(35-40-29(24)19-5-6-19)27-25(32)3-2-4-26(27)33/h2-4,7-10,15-16,19H,5-6,11-14,17-18H2,1H3. The van der Waals surface area contributed by atoms with Crippen molar-refractivity contribution in [1.29, 1.82) is 0 Å². The van der Waals surface area contributed by atoms with Crippen LogP contribution in [0.3, 0.4) is 0 Å². The normalized spacial score (nSPS) is 16.9. The zero-order chi connectivity index (χ0) is 27.9. The second kappa shape index (κ2) is 11.0. The molecule has 4 aromatic rings. The van der Waals surface area contributed by atoms with Crippen molar-refractivity contribution in [2.75, 3.05) is 31.7 Å². The van der Waals surface area contributed by atoms with Crippen LogP contribution in [0.2, 0.25) is 10.0 Å². The van der Waals surface area contributed by atoms with E-state index in [9.17, 15) is 4.79 Å². The van der Waals surface area contributed by atoms with Gasteiger partial charge in [-0.3, -0.25) is 0 Å². The van der Waals surface area contributed by atoms with Gasteiger partial charge in [-0.2, -0.15) is 0 Å².